The lowest BCUT2D eigenvalue weighted by Gasteiger charge is -2.20. The van der Waals surface area contributed by atoms with Crippen LogP contribution in [0, 0.1) is 0 Å². The molecular weight excluding hydrogens is 547 g/mol. The van der Waals surface area contributed by atoms with E-state index in [1.165, 1.54) is 10.4 Å². The van der Waals surface area contributed by atoms with Crippen LogP contribution in [-0.4, -0.2) is 32.7 Å². The monoisotopic (exact) mass is 577 g/mol. The summed E-state index contributed by atoms with van der Waals surface area (Å²) >= 11 is 1.74. The van der Waals surface area contributed by atoms with Gasteiger partial charge in [-0.05, 0) is 36.5 Å². The molecule has 2 atom stereocenters. The van der Waals surface area contributed by atoms with Gasteiger partial charge < -0.3 is 21.1 Å². The molecule has 0 saturated carbocycles. The number of aryl methyl sites for hydroxylation is 1. The molecule has 214 valence electrons. The van der Waals surface area contributed by atoms with E-state index in [-0.39, 0.29) is 17.5 Å². The maximum absolute atomic E-state index is 13.4. The van der Waals surface area contributed by atoms with Crippen LogP contribution in [0.15, 0.2) is 47.4 Å². The van der Waals surface area contributed by atoms with E-state index >= 15 is 0 Å². The number of carboxylic acid groups (broad SMARTS) is 1. The van der Waals surface area contributed by atoms with Gasteiger partial charge in [0, 0.05) is 34.7 Å². The number of alkyl halides is 3. The summed E-state index contributed by atoms with van der Waals surface area (Å²) in [6.45, 7) is 4.43. The first-order chi connectivity index (χ1) is 19.1. The van der Waals surface area contributed by atoms with Gasteiger partial charge in [0.05, 0.1) is 12.6 Å². The zero-order chi connectivity index (χ0) is 28.9. The number of amides is 1. The van der Waals surface area contributed by atoms with E-state index in [0.717, 1.165) is 42.1 Å². The summed E-state index contributed by atoms with van der Waals surface area (Å²) < 4.78 is 33.4. The Balaban J connectivity index is 0.000000470. The molecule has 0 bridgehead atoms. The van der Waals surface area contributed by atoms with E-state index < -0.39 is 18.2 Å². The Morgan fingerprint density at radius 1 is 1.25 bits per heavy atom. The predicted molar refractivity (Wildman–Crippen MR) is 144 cm³/mol. The first-order valence-corrected chi connectivity index (χ1v) is 13.7. The van der Waals surface area contributed by atoms with E-state index in [0.29, 0.717) is 25.2 Å². The number of carboxylic acids is 1. The second-order valence-electron chi connectivity index (χ2n) is 9.51. The smallest absolute Gasteiger partial charge is 0.475 e. The highest BCUT2D eigenvalue weighted by Gasteiger charge is 2.38. The maximum atomic E-state index is 13.4. The minimum atomic E-state index is -5.08. The Morgan fingerprint density at radius 3 is 2.62 bits per heavy atom. The Bertz CT molecular complexity index is 1390. The summed E-state index contributed by atoms with van der Waals surface area (Å²) in [6, 6.07) is 11.8. The Labute approximate surface area is 232 Å². The Hall–Kier alpha value is -3.71. The second kappa shape index (κ2) is 12.6. The number of nitrogens with one attached hydrogen (secondary N) is 3. The van der Waals surface area contributed by atoms with Gasteiger partial charge >= 0.3 is 12.1 Å². The SMILES string of the molecule is CCC[C@@H](Nc1ncc2n(c1=O)[C@H](C(=O)NCc1cc3c(s1)CNC3)CC2)c1ccccc1.O=C(O)C(F)(F)F. The van der Waals surface area contributed by atoms with E-state index in [4.69, 9.17) is 9.90 Å². The summed E-state index contributed by atoms with van der Waals surface area (Å²) in [5, 5.41) is 16.9. The number of aromatic nitrogens is 2. The third kappa shape index (κ3) is 6.89. The van der Waals surface area contributed by atoms with Crippen molar-refractivity contribution in [2.45, 2.75) is 70.5 Å². The van der Waals surface area contributed by atoms with Crippen molar-refractivity contribution in [3.63, 3.8) is 0 Å². The molecule has 13 heteroatoms. The van der Waals surface area contributed by atoms with Crippen LogP contribution in [0.3, 0.4) is 0 Å². The summed E-state index contributed by atoms with van der Waals surface area (Å²) in [5.74, 6) is -2.55. The van der Waals surface area contributed by atoms with Crippen LogP contribution in [0.4, 0.5) is 19.0 Å². The van der Waals surface area contributed by atoms with Crippen molar-refractivity contribution in [2.24, 2.45) is 0 Å². The molecule has 0 fully saturated rings. The van der Waals surface area contributed by atoms with E-state index in [1.54, 1.807) is 22.1 Å². The molecule has 0 aliphatic carbocycles. The van der Waals surface area contributed by atoms with Crippen molar-refractivity contribution in [3.8, 4) is 0 Å². The summed E-state index contributed by atoms with van der Waals surface area (Å²) in [4.78, 5) is 42.2. The molecule has 0 radical (unpaired) electrons. The van der Waals surface area contributed by atoms with Gasteiger partial charge in [-0.25, -0.2) is 9.78 Å². The standard InChI is InChI=1S/C25H29N5O2S.C2HF3O2/c1-2-6-20(16-7-4-3-5-8-16)29-23-25(32)30-18(13-27-23)9-10-21(30)24(31)28-14-19-11-17-12-26-15-22(17)33-19;3-2(4,5)1(6)7/h3-5,7-8,11,13,20-21,26H,2,6,9-10,12,14-15H2,1H3,(H,27,29)(H,28,31);(H,6,7)/t20-,21+;/m1./s1. The van der Waals surface area contributed by atoms with Crippen molar-refractivity contribution >= 4 is 29.0 Å². The molecule has 5 rings (SSSR count). The molecule has 0 spiro atoms. The number of thiophene rings is 1. The van der Waals surface area contributed by atoms with Crippen molar-refractivity contribution in [2.75, 3.05) is 5.32 Å². The minimum Gasteiger partial charge on any atom is -0.475 e. The predicted octanol–water partition coefficient (Wildman–Crippen LogP) is 4.30. The molecule has 1 amide bonds. The van der Waals surface area contributed by atoms with Crippen LogP contribution in [0.25, 0.3) is 0 Å². The number of hydrogen-bond acceptors (Lipinski definition) is 7. The fourth-order valence-electron chi connectivity index (χ4n) is 4.77. The molecule has 4 N–H and O–H groups in total. The molecule has 0 saturated heterocycles. The van der Waals surface area contributed by atoms with Crippen molar-refractivity contribution in [1.29, 1.82) is 0 Å². The third-order valence-corrected chi connectivity index (χ3v) is 7.86. The quantitative estimate of drug-likeness (QED) is 0.315. The van der Waals surface area contributed by atoms with Gasteiger partial charge in [-0.3, -0.25) is 14.2 Å². The normalized spacial score (nSPS) is 16.4. The Morgan fingerprint density at radius 2 is 1.98 bits per heavy atom. The number of fused-ring (bicyclic) bond motifs is 2. The highest BCUT2D eigenvalue weighted by molar-refractivity contribution is 7.12. The summed E-state index contributed by atoms with van der Waals surface area (Å²) in [6.07, 6.45) is -0.185. The molecule has 1 aromatic carbocycles. The maximum Gasteiger partial charge on any atom is 0.490 e. The number of nitrogens with zero attached hydrogens (tertiary/aromatic N) is 2. The lowest BCUT2D eigenvalue weighted by molar-refractivity contribution is -0.192. The van der Waals surface area contributed by atoms with E-state index in [9.17, 15) is 22.8 Å². The van der Waals surface area contributed by atoms with Gasteiger partial charge in [-0.15, -0.1) is 11.3 Å². The average molecular weight is 578 g/mol. The van der Waals surface area contributed by atoms with Gasteiger partial charge in [0.2, 0.25) is 5.91 Å². The number of anilines is 1. The van der Waals surface area contributed by atoms with Crippen LogP contribution >= 0.6 is 11.3 Å². The molecule has 0 unspecified atom stereocenters. The van der Waals surface area contributed by atoms with Gasteiger partial charge in [0.1, 0.15) is 6.04 Å². The second-order valence-corrected chi connectivity index (χ2v) is 10.7. The average Bonchev–Trinajstić information content (AvgIpc) is 3.64. The lowest BCUT2D eigenvalue weighted by atomic mass is 10.0. The zero-order valence-corrected chi connectivity index (χ0v) is 22.6. The highest BCUT2D eigenvalue weighted by atomic mass is 32.1. The molecular formula is C27H30F3N5O4S. The minimum absolute atomic E-state index is 0.000926. The number of hydrogen-bond donors (Lipinski definition) is 4. The van der Waals surface area contributed by atoms with Gasteiger partial charge in [0.25, 0.3) is 5.56 Å². The highest BCUT2D eigenvalue weighted by Crippen LogP contribution is 2.28. The van der Waals surface area contributed by atoms with Gasteiger partial charge in [0.15, 0.2) is 5.82 Å². The lowest BCUT2D eigenvalue weighted by Crippen LogP contribution is -2.36. The first kappa shape index (κ1) is 29.3. The number of carbonyl (C=O) groups is 2. The number of halogens is 3. The van der Waals surface area contributed by atoms with Crippen LogP contribution < -0.4 is 21.5 Å². The summed E-state index contributed by atoms with van der Waals surface area (Å²) in [5.41, 5.74) is 3.05. The molecule has 9 nitrogen and oxygen atoms in total. The van der Waals surface area contributed by atoms with Gasteiger partial charge in [-0.1, -0.05) is 43.7 Å². The van der Waals surface area contributed by atoms with Crippen molar-refractivity contribution < 1.29 is 27.9 Å². The number of rotatable bonds is 8. The van der Waals surface area contributed by atoms with Crippen LogP contribution in [0.1, 0.15) is 64.8 Å². The van der Waals surface area contributed by atoms with E-state index in [2.05, 4.69) is 46.1 Å². The van der Waals surface area contributed by atoms with Crippen LogP contribution in [-0.2, 0) is 35.6 Å². The molecule has 2 aliphatic rings. The largest absolute Gasteiger partial charge is 0.490 e. The Kier molecular flexibility index (Phi) is 9.25. The third-order valence-electron chi connectivity index (χ3n) is 6.68. The molecule has 40 heavy (non-hydrogen) atoms. The first-order valence-electron chi connectivity index (χ1n) is 12.9. The number of aliphatic carboxylic acids is 1. The fourth-order valence-corrected chi connectivity index (χ4v) is 5.87. The number of benzene rings is 1. The molecule has 4 heterocycles. The van der Waals surface area contributed by atoms with Crippen molar-refractivity contribution in [3.05, 3.63) is 79.5 Å². The fraction of sp³-hybridized carbons (Fsp3) is 0.407. The number of carbonyl (C=O) groups excluding carboxylic acids is 1. The molecule has 3 aromatic rings. The van der Waals surface area contributed by atoms with Crippen LogP contribution in [0.5, 0.6) is 0 Å². The van der Waals surface area contributed by atoms with Crippen LogP contribution in [0.2, 0.25) is 0 Å². The topological polar surface area (TPSA) is 125 Å². The molecule has 2 aromatic heterocycles. The zero-order valence-electron chi connectivity index (χ0n) is 21.8. The summed E-state index contributed by atoms with van der Waals surface area (Å²) in [7, 11) is 0. The van der Waals surface area contributed by atoms with Crippen molar-refractivity contribution in [1.82, 2.24) is 20.2 Å². The van der Waals surface area contributed by atoms with E-state index in [1.807, 2.05) is 18.2 Å². The molecule has 2 aliphatic heterocycles. The van der Waals surface area contributed by atoms with Gasteiger partial charge in [-0.2, -0.15) is 13.2 Å².